The molecule has 382 valence electrons. The first-order valence-corrected chi connectivity index (χ1v) is 28.4. The van der Waals surface area contributed by atoms with Crippen LogP contribution in [0.1, 0.15) is 25.0 Å². The van der Waals surface area contributed by atoms with Gasteiger partial charge in [0.2, 0.25) is 0 Å². The summed E-state index contributed by atoms with van der Waals surface area (Å²) in [6.07, 6.45) is 0. The van der Waals surface area contributed by atoms with Gasteiger partial charge in [0.15, 0.2) is 0 Å². The van der Waals surface area contributed by atoms with Crippen LogP contribution >= 0.6 is 0 Å². The third-order valence-electron chi connectivity index (χ3n) is 18.6. The van der Waals surface area contributed by atoms with Crippen molar-refractivity contribution >= 4 is 131 Å². The van der Waals surface area contributed by atoms with Crippen LogP contribution in [-0.4, -0.2) is 13.7 Å². The maximum Gasteiger partial charge on any atom is 0.136 e. The molecule has 18 aromatic rings. The molecule has 1 aliphatic carbocycles. The quantitative estimate of drug-likeness (QED) is 0.176. The monoisotopic (exact) mass is 1050 g/mol. The van der Waals surface area contributed by atoms with Gasteiger partial charge >= 0.3 is 0 Å². The van der Waals surface area contributed by atoms with Gasteiger partial charge in [-0.2, -0.15) is 0 Å². The molecule has 0 spiro atoms. The SMILES string of the molecule is CC1(C)c2ccccc2-c2ccc(-n3c4cc5c(ccc6oc7ccccc7c65)cc4c4c(-c5ccc6c7ccc(-n8c9ccccc9c9cc%10ccc%11oc%12ccccc%12c%11c%10cc98)cc7n(-c7ccccc7)c6c5)cccc43)cc21. The van der Waals surface area contributed by atoms with Crippen molar-refractivity contribution in [1.29, 1.82) is 0 Å². The molecule has 0 bridgehead atoms. The van der Waals surface area contributed by atoms with Gasteiger partial charge in [-0.3, -0.25) is 0 Å². The predicted octanol–water partition coefficient (Wildman–Crippen LogP) is 21.1. The molecule has 0 amide bonds. The van der Waals surface area contributed by atoms with Gasteiger partial charge in [-0.1, -0.05) is 159 Å². The van der Waals surface area contributed by atoms with Crippen LogP contribution in [-0.2, 0) is 5.41 Å². The lowest BCUT2D eigenvalue weighted by Crippen LogP contribution is -2.15. The summed E-state index contributed by atoms with van der Waals surface area (Å²) in [7, 11) is 0. The van der Waals surface area contributed by atoms with E-state index in [9.17, 15) is 0 Å². The topological polar surface area (TPSA) is 41.1 Å². The Kier molecular flexibility index (Phi) is 8.53. The molecule has 13 aromatic carbocycles. The Bertz CT molecular complexity index is 5860. The summed E-state index contributed by atoms with van der Waals surface area (Å²) in [5, 5.41) is 16.6. The van der Waals surface area contributed by atoms with Crippen LogP contribution < -0.4 is 0 Å². The van der Waals surface area contributed by atoms with Gasteiger partial charge in [0.25, 0.3) is 0 Å². The van der Waals surface area contributed by atoms with E-state index in [0.717, 1.165) is 88.6 Å². The van der Waals surface area contributed by atoms with E-state index in [-0.39, 0.29) is 5.41 Å². The van der Waals surface area contributed by atoms with Crippen LogP contribution in [0.4, 0.5) is 0 Å². The summed E-state index contributed by atoms with van der Waals surface area (Å²) in [5.41, 5.74) is 21.5. The van der Waals surface area contributed by atoms with Crippen molar-refractivity contribution in [3.63, 3.8) is 0 Å². The van der Waals surface area contributed by atoms with E-state index in [1.165, 1.54) is 92.7 Å². The first-order valence-electron chi connectivity index (χ1n) is 28.4. The van der Waals surface area contributed by atoms with Crippen molar-refractivity contribution in [2.24, 2.45) is 0 Å². The number of aromatic nitrogens is 3. The number of rotatable bonds is 4. The molecule has 0 saturated carbocycles. The van der Waals surface area contributed by atoms with Crippen LogP contribution in [0.15, 0.2) is 258 Å². The van der Waals surface area contributed by atoms with Gasteiger partial charge in [0, 0.05) is 76.3 Å². The molecule has 19 rings (SSSR count). The minimum Gasteiger partial charge on any atom is -0.456 e. The summed E-state index contributed by atoms with van der Waals surface area (Å²) in [6.45, 7) is 4.74. The molecule has 5 nitrogen and oxygen atoms in total. The molecular weight excluding hydrogens is 999 g/mol. The van der Waals surface area contributed by atoms with E-state index < -0.39 is 0 Å². The molecule has 0 atom stereocenters. The molecule has 0 aliphatic heterocycles. The second-order valence-corrected chi connectivity index (χ2v) is 23.1. The summed E-state index contributed by atoms with van der Waals surface area (Å²) >= 11 is 0. The molecule has 5 heterocycles. The number of hydrogen-bond donors (Lipinski definition) is 0. The van der Waals surface area contributed by atoms with Crippen LogP contribution in [0.3, 0.4) is 0 Å². The number of furan rings is 2. The third-order valence-corrected chi connectivity index (χ3v) is 18.6. The van der Waals surface area contributed by atoms with Crippen molar-refractivity contribution in [2.45, 2.75) is 19.3 Å². The molecule has 0 fully saturated rings. The largest absolute Gasteiger partial charge is 0.456 e. The van der Waals surface area contributed by atoms with Gasteiger partial charge in [-0.25, -0.2) is 0 Å². The van der Waals surface area contributed by atoms with E-state index in [1.54, 1.807) is 0 Å². The van der Waals surface area contributed by atoms with Gasteiger partial charge in [-0.05, 0) is 158 Å². The number of benzene rings is 13. The highest BCUT2D eigenvalue weighted by Crippen LogP contribution is 2.51. The smallest absolute Gasteiger partial charge is 0.136 e. The Hall–Kier alpha value is -10.6. The molecule has 0 saturated heterocycles. The number of para-hydroxylation sites is 4. The van der Waals surface area contributed by atoms with Crippen LogP contribution in [0, 0.1) is 0 Å². The fraction of sp³-hybridized carbons (Fsp3) is 0.0390. The van der Waals surface area contributed by atoms with Gasteiger partial charge < -0.3 is 22.5 Å². The highest BCUT2D eigenvalue weighted by molar-refractivity contribution is 6.26. The highest BCUT2D eigenvalue weighted by Gasteiger charge is 2.36. The third kappa shape index (κ3) is 5.81. The number of nitrogens with zero attached hydrogens (tertiary/aromatic N) is 3. The molecule has 5 heteroatoms. The van der Waals surface area contributed by atoms with E-state index in [2.05, 4.69) is 270 Å². The maximum atomic E-state index is 6.51. The maximum absolute atomic E-state index is 6.51. The van der Waals surface area contributed by atoms with Crippen LogP contribution in [0.25, 0.3) is 170 Å². The lowest BCUT2D eigenvalue weighted by molar-refractivity contribution is 0.660. The number of hydrogen-bond acceptors (Lipinski definition) is 2. The van der Waals surface area contributed by atoms with E-state index in [1.807, 2.05) is 6.07 Å². The Balaban J connectivity index is 0.857. The fourth-order valence-electron chi connectivity index (χ4n) is 14.9. The summed E-state index contributed by atoms with van der Waals surface area (Å²) in [6, 6.07) is 92.1. The lowest BCUT2D eigenvalue weighted by Gasteiger charge is -2.22. The zero-order valence-corrected chi connectivity index (χ0v) is 44.8. The Morgan fingerprint density at radius 1 is 0.268 bits per heavy atom. The average Bonchev–Trinajstić information content (AvgIpc) is 3.38. The Morgan fingerprint density at radius 2 is 0.793 bits per heavy atom. The second-order valence-electron chi connectivity index (χ2n) is 23.1. The lowest BCUT2D eigenvalue weighted by atomic mass is 9.82. The summed E-state index contributed by atoms with van der Waals surface area (Å²) in [5.74, 6) is 0. The molecule has 1 aliphatic rings. The summed E-state index contributed by atoms with van der Waals surface area (Å²) < 4.78 is 20.4. The van der Waals surface area contributed by atoms with Crippen molar-refractivity contribution < 1.29 is 8.83 Å². The Labute approximate surface area is 469 Å². The average molecular weight is 1050 g/mol. The fourth-order valence-corrected chi connectivity index (χ4v) is 14.9. The molecular formula is C77H47N3O2. The molecule has 5 aromatic heterocycles. The summed E-state index contributed by atoms with van der Waals surface area (Å²) in [4.78, 5) is 0. The zero-order valence-electron chi connectivity index (χ0n) is 44.8. The minimum atomic E-state index is -0.157. The zero-order chi connectivity index (χ0) is 53.7. The molecule has 0 N–H and O–H groups in total. The van der Waals surface area contributed by atoms with Crippen molar-refractivity contribution in [1.82, 2.24) is 13.7 Å². The van der Waals surface area contributed by atoms with Crippen molar-refractivity contribution in [2.75, 3.05) is 0 Å². The first-order chi connectivity index (χ1) is 40.4. The Morgan fingerprint density at radius 3 is 1.55 bits per heavy atom. The standard InChI is InChI=1S/C77H47N3O2/c1-77(2)62-22-10-6-17-51(62)52-33-30-48(40-63(52)77)80-65-24-14-21-50(74(65)61-38-45-29-36-73-76(59(45)43-69(61)80)57-20-9-13-26-71(57)82-73)46-27-32-54-55-34-31-49(41-67(55)78(66(54)39-46)47-15-4-3-5-16-47)79-64-23-11-7-18-53(64)60-37-44-28-35-72-75(58(44)42-68(60)79)56-19-8-12-25-70(56)81-72/h3-43H,1-2H3. The molecule has 82 heavy (non-hydrogen) atoms. The normalized spacial score (nSPS) is 13.3. The molecule has 0 radical (unpaired) electrons. The van der Waals surface area contributed by atoms with E-state index in [4.69, 9.17) is 8.83 Å². The van der Waals surface area contributed by atoms with Gasteiger partial charge in [0.1, 0.15) is 22.3 Å². The van der Waals surface area contributed by atoms with Crippen LogP contribution in [0.2, 0.25) is 0 Å². The second kappa shape index (κ2) is 15.8. The van der Waals surface area contributed by atoms with E-state index >= 15 is 0 Å². The first kappa shape index (κ1) is 44.3. The highest BCUT2D eigenvalue weighted by atomic mass is 16.3. The van der Waals surface area contributed by atoms with E-state index in [0.29, 0.717) is 0 Å². The molecule has 0 unspecified atom stereocenters. The van der Waals surface area contributed by atoms with Crippen LogP contribution in [0.5, 0.6) is 0 Å². The minimum absolute atomic E-state index is 0.157. The van der Waals surface area contributed by atoms with Crippen molar-refractivity contribution in [3.05, 3.63) is 260 Å². The number of fused-ring (bicyclic) bond motifs is 22. The predicted molar refractivity (Wildman–Crippen MR) is 342 cm³/mol. The van der Waals surface area contributed by atoms with Gasteiger partial charge in [-0.15, -0.1) is 0 Å². The van der Waals surface area contributed by atoms with Gasteiger partial charge in [0.05, 0.1) is 33.1 Å². The van der Waals surface area contributed by atoms with Crippen molar-refractivity contribution in [3.8, 4) is 39.3 Å².